The molecule has 0 amide bonds. The van der Waals surface area contributed by atoms with Crippen LogP contribution in [0.2, 0.25) is 0 Å². The molecule has 0 aliphatic carbocycles. The topological polar surface area (TPSA) is 76.0 Å². The summed E-state index contributed by atoms with van der Waals surface area (Å²) >= 11 is 0. The molecule has 7 heteroatoms. The number of carboxylic acid groups (broad SMARTS) is 1. The van der Waals surface area contributed by atoms with Crippen molar-refractivity contribution in [2.24, 2.45) is 0 Å². The first kappa shape index (κ1) is 18.4. The van der Waals surface area contributed by atoms with Gasteiger partial charge in [0.05, 0.1) is 6.61 Å². The zero-order chi connectivity index (χ0) is 15.7. The van der Waals surface area contributed by atoms with E-state index in [1.165, 1.54) is 12.1 Å². The predicted octanol–water partition coefficient (Wildman–Crippen LogP) is 1.56. The third-order valence-corrected chi connectivity index (χ3v) is 2.23. The number of fused-ring (bicyclic) bond motifs is 1. The highest BCUT2D eigenvalue weighted by Crippen LogP contribution is 2.21. The Morgan fingerprint density at radius 1 is 1.40 bits per heavy atom. The first-order valence-electron chi connectivity index (χ1n) is 6.55. The van der Waals surface area contributed by atoms with Crippen molar-refractivity contribution in [3.05, 3.63) is 23.5 Å². The van der Waals surface area contributed by atoms with E-state index >= 15 is 0 Å². The maximum absolute atomic E-state index is 13.7. The molecule has 20 heavy (non-hydrogen) atoms. The first-order chi connectivity index (χ1) is 9.59. The number of carboxylic acids is 1. The molecule has 112 valence electrons. The summed E-state index contributed by atoms with van der Waals surface area (Å²) in [5.41, 5.74) is 0.551. The molecule has 1 heterocycles. The van der Waals surface area contributed by atoms with E-state index < -0.39 is 25.5 Å². The van der Waals surface area contributed by atoms with Crippen LogP contribution in [0.25, 0.3) is 0 Å². The second-order valence-corrected chi connectivity index (χ2v) is 3.30. The van der Waals surface area contributed by atoms with Crippen LogP contribution in [0.15, 0.2) is 12.1 Å². The summed E-state index contributed by atoms with van der Waals surface area (Å²) in [6, 6.07) is 2.85. The Hall–Kier alpha value is -1.60. The first-order valence-corrected chi connectivity index (χ1v) is 6.55. The molecule has 0 fully saturated rings. The highest BCUT2D eigenvalue weighted by molar-refractivity contribution is 6.61. The summed E-state index contributed by atoms with van der Waals surface area (Å²) in [5, 5.41) is 17.7. The Kier molecular flexibility index (Phi) is 8.59. The lowest BCUT2D eigenvalue weighted by Gasteiger charge is -2.07. The fraction of sp³-hybridized carbons (Fsp3) is 0.462. The standard InChI is InChI=1S/C9H8BFO5.2C2H6/c11-9-6(15-4-7(12)13)2-1-5-3-16-10(14)8(5)9;2*1-2/h1-2,14H,3-4H2,(H,12,13);2*1-2H3. The molecule has 0 unspecified atom stereocenters. The number of carbonyl (C=O) groups is 1. The van der Waals surface area contributed by atoms with E-state index in [9.17, 15) is 14.2 Å². The second-order valence-electron chi connectivity index (χ2n) is 3.30. The monoisotopic (exact) mass is 286 g/mol. The Labute approximate surface area is 118 Å². The minimum Gasteiger partial charge on any atom is -0.479 e. The molecule has 2 rings (SSSR count). The second kappa shape index (κ2) is 9.33. The molecule has 1 aromatic carbocycles. The molecule has 5 nitrogen and oxygen atoms in total. The molecule has 0 saturated carbocycles. The number of aliphatic carboxylic acids is 1. The molecule has 1 aliphatic rings. The van der Waals surface area contributed by atoms with Crippen LogP contribution in [-0.4, -0.2) is 29.8 Å². The van der Waals surface area contributed by atoms with Gasteiger partial charge in [-0.2, -0.15) is 0 Å². The van der Waals surface area contributed by atoms with Gasteiger partial charge in [-0.3, -0.25) is 0 Å². The zero-order valence-electron chi connectivity index (χ0n) is 12.1. The van der Waals surface area contributed by atoms with E-state index in [0.717, 1.165) is 0 Å². The average Bonchev–Trinajstić information content (AvgIpc) is 2.85. The number of hydrogen-bond donors (Lipinski definition) is 2. The van der Waals surface area contributed by atoms with Crippen molar-refractivity contribution < 1.29 is 28.7 Å². The van der Waals surface area contributed by atoms with Crippen LogP contribution in [0.3, 0.4) is 0 Å². The van der Waals surface area contributed by atoms with Crippen LogP contribution in [0, 0.1) is 5.82 Å². The Bertz CT molecular complexity index is 439. The van der Waals surface area contributed by atoms with E-state index in [1.807, 2.05) is 27.7 Å². The van der Waals surface area contributed by atoms with Crippen LogP contribution in [0.4, 0.5) is 4.39 Å². The van der Waals surface area contributed by atoms with Crippen molar-refractivity contribution >= 4 is 18.6 Å². The number of benzene rings is 1. The van der Waals surface area contributed by atoms with Crippen LogP contribution in [-0.2, 0) is 16.1 Å². The van der Waals surface area contributed by atoms with Gasteiger partial charge in [-0.1, -0.05) is 33.8 Å². The Morgan fingerprint density at radius 2 is 2.00 bits per heavy atom. The summed E-state index contributed by atoms with van der Waals surface area (Å²) in [6.45, 7) is 7.50. The highest BCUT2D eigenvalue weighted by Gasteiger charge is 2.32. The molecular weight excluding hydrogens is 266 g/mol. The van der Waals surface area contributed by atoms with Crippen molar-refractivity contribution in [3.63, 3.8) is 0 Å². The van der Waals surface area contributed by atoms with Gasteiger partial charge >= 0.3 is 13.1 Å². The quantitative estimate of drug-likeness (QED) is 0.825. The SMILES string of the molecule is CC.CC.O=C(O)COc1ccc2c(c1F)B(O)OC2. The van der Waals surface area contributed by atoms with Gasteiger partial charge in [0.1, 0.15) is 0 Å². The van der Waals surface area contributed by atoms with Gasteiger partial charge in [0.15, 0.2) is 18.2 Å². The van der Waals surface area contributed by atoms with Crippen LogP contribution >= 0.6 is 0 Å². The smallest absolute Gasteiger partial charge is 0.479 e. The summed E-state index contributed by atoms with van der Waals surface area (Å²) in [4.78, 5) is 10.3. The summed E-state index contributed by atoms with van der Waals surface area (Å²) in [6.07, 6.45) is 0. The maximum Gasteiger partial charge on any atom is 0.494 e. The van der Waals surface area contributed by atoms with Crippen molar-refractivity contribution in [2.75, 3.05) is 6.61 Å². The number of ether oxygens (including phenoxy) is 1. The van der Waals surface area contributed by atoms with Crippen molar-refractivity contribution in [1.82, 2.24) is 0 Å². The molecule has 0 bridgehead atoms. The van der Waals surface area contributed by atoms with Gasteiger partial charge in [-0.05, 0) is 11.6 Å². The molecular formula is C13H20BFO5. The minimum absolute atomic E-state index is 0.0166. The summed E-state index contributed by atoms with van der Waals surface area (Å²) in [7, 11) is -1.32. The fourth-order valence-corrected chi connectivity index (χ4v) is 1.51. The van der Waals surface area contributed by atoms with Crippen molar-refractivity contribution in [1.29, 1.82) is 0 Å². The number of halogens is 1. The van der Waals surface area contributed by atoms with Gasteiger partial charge in [0.25, 0.3) is 0 Å². The van der Waals surface area contributed by atoms with Crippen molar-refractivity contribution in [2.45, 2.75) is 34.3 Å². The third kappa shape index (κ3) is 4.50. The highest BCUT2D eigenvalue weighted by atomic mass is 19.1. The van der Waals surface area contributed by atoms with E-state index in [1.54, 1.807) is 0 Å². The minimum atomic E-state index is -1.32. The summed E-state index contributed by atoms with van der Waals surface area (Å²) in [5.74, 6) is -2.17. The van der Waals surface area contributed by atoms with Crippen LogP contribution < -0.4 is 10.2 Å². The van der Waals surface area contributed by atoms with Crippen LogP contribution in [0.1, 0.15) is 33.3 Å². The number of rotatable bonds is 3. The Morgan fingerprint density at radius 3 is 2.55 bits per heavy atom. The average molecular weight is 286 g/mol. The zero-order valence-corrected chi connectivity index (χ0v) is 12.1. The van der Waals surface area contributed by atoms with Gasteiger partial charge in [-0.15, -0.1) is 0 Å². The van der Waals surface area contributed by atoms with Gasteiger partial charge in [-0.25, -0.2) is 9.18 Å². The molecule has 0 radical (unpaired) electrons. The largest absolute Gasteiger partial charge is 0.494 e. The molecule has 2 N–H and O–H groups in total. The number of hydrogen-bond acceptors (Lipinski definition) is 4. The van der Waals surface area contributed by atoms with Crippen LogP contribution in [0.5, 0.6) is 5.75 Å². The van der Waals surface area contributed by atoms with E-state index in [-0.39, 0.29) is 17.8 Å². The molecule has 0 aromatic heterocycles. The molecule has 1 aliphatic heterocycles. The maximum atomic E-state index is 13.7. The fourth-order valence-electron chi connectivity index (χ4n) is 1.51. The van der Waals surface area contributed by atoms with E-state index in [2.05, 4.69) is 0 Å². The Balaban J connectivity index is 0.000000829. The lowest BCUT2D eigenvalue weighted by Crippen LogP contribution is -2.31. The predicted molar refractivity (Wildman–Crippen MR) is 74.6 cm³/mol. The molecule has 1 aromatic rings. The molecule has 0 atom stereocenters. The lowest BCUT2D eigenvalue weighted by molar-refractivity contribution is -0.139. The van der Waals surface area contributed by atoms with Crippen molar-refractivity contribution in [3.8, 4) is 5.75 Å². The van der Waals surface area contributed by atoms with Gasteiger partial charge in [0.2, 0.25) is 0 Å². The van der Waals surface area contributed by atoms with Gasteiger partial charge < -0.3 is 19.5 Å². The third-order valence-electron chi connectivity index (χ3n) is 2.23. The molecule has 0 spiro atoms. The van der Waals surface area contributed by atoms with Gasteiger partial charge in [0, 0.05) is 5.46 Å². The van der Waals surface area contributed by atoms with E-state index in [4.69, 9.17) is 14.5 Å². The van der Waals surface area contributed by atoms with E-state index in [0.29, 0.717) is 5.56 Å². The molecule has 0 saturated heterocycles. The summed E-state index contributed by atoms with van der Waals surface area (Å²) < 4.78 is 23.3. The normalized spacial score (nSPS) is 11.6. The lowest BCUT2D eigenvalue weighted by atomic mass is 9.79.